The summed E-state index contributed by atoms with van der Waals surface area (Å²) >= 11 is 0. The van der Waals surface area contributed by atoms with Gasteiger partial charge in [0.2, 0.25) is 18.3 Å². The summed E-state index contributed by atoms with van der Waals surface area (Å²) in [6, 6.07) is 6.15. The molecule has 14 heteroatoms. The summed E-state index contributed by atoms with van der Waals surface area (Å²) in [7, 11) is 0. The summed E-state index contributed by atoms with van der Waals surface area (Å²) in [4.78, 5) is 51.0. The number of nitrogens with one attached hydrogen (secondary N) is 2. The molecule has 3 aliphatic heterocycles. The van der Waals surface area contributed by atoms with Crippen LogP contribution in [0.2, 0.25) is 0 Å². The molecule has 4 N–H and O–H groups in total. The van der Waals surface area contributed by atoms with Crippen LogP contribution in [0.1, 0.15) is 90.3 Å². The van der Waals surface area contributed by atoms with Crippen molar-refractivity contribution in [1.29, 1.82) is 5.41 Å². The number of esters is 4. The molecule has 0 aromatic heterocycles. The molecule has 0 radical (unpaired) electrons. The van der Waals surface area contributed by atoms with E-state index in [0.29, 0.717) is 16.7 Å². The standard InChI is InChI=1S/C41H60N4O10/c1-25(2)35(42)33(22-32-13-12-31(21-26(32)3)11-8-9-19-45-20-10-14-41(24-45)15-17-44-18-16-41)39(43)55-40-38(53-30(7)49)37(52-29(6)48)36(51-28(5)47)34(54-40)23-50-27(4)46/h8,11-13,21,25,34,36-38,40,43-44H,9-10,14-20,22-24,42H2,1-7H3/b11-8+,35-33-,43-39?/t34-,36-,37+,38-,40+/m1/s1. The summed E-state index contributed by atoms with van der Waals surface area (Å²) in [6.45, 7) is 15.6. The number of hydrogen-bond donors (Lipinski definition) is 3. The molecule has 0 unspecified atom stereocenters. The lowest BCUT2D eigenvalue weighted by molar-refractivity contribution is -0.291. The Morgan fingerprint density at radius 1 is 0.964 bits per heavy atom. The highest BCUT2D eigenvalue weighted by Gasteiger charge is 2.53. The largest absolute Gasteiger partial charge is 0.463 e. The zero-order chi connectivity index (χ0) is 40.3. The zero-order valence-corrected chi connectivity index (χ0v) is 33.4. The van der Waals surface area contributed by atoms with Crippen LogP contribution in [-0.2, 0) is 54.0 Å². The Hall–Kier alpha value is -4.27. The van der Waals surface area contributed by atoms with Gasteiger partial charge in [0.1, 0.15) is 12.7 Å². The highest BCUT2D eigenvalue weighted by molar-refractivity contribution is 5.92. The molecule has 55 heavy (non-hydrogen) atoms. The van der Waals surface area contributed by atoms with Gasteiger partial charge in [-0.3, -0.25) is 24.6 Å². The lowest BCUT2D eigenvalue weighted by atomic mass is 9.73. The highest BCUT2D eigenvalue weighted by Crippen LogP contribution is 2.38. The Bertz CT molecular complexity index is 1600. The Kier molecular flexibility index (Phi) is 15.8. The zero-order valence-electron chi connectivity index (χ0n) is 33.4. The molecule has 1 aromatic rings. The van der Waals surface area contributed by atoms with E-state index in [9.17, 15) is 19.2 Å². The van der Waals surface area contributed by atoms with Gasteiger partial charge in [-0.05, 0) is 86.7 Å². The number of nitrogens with zero attached hydrogens (tertiary/aromatic N) is 1. The number of likely N-dealkylation sites (tertiary alicyclic amines) is 1. The number of piperidine rings is 2. The van der Waals surface area contributed by atoms with Crippen LogP contribution in [-0.4, -0.2) is 105 Å². The summed E-state index contributed by atoms with van der Waals surface area (Å²) in [5.41, 5.74) is 10.9. The number of allylic oxidation sites excluding steroid dienone is 1. The van der Waals surface area contributed by atoms with Crippen molar-refractivity contribution < 1.29 is 47.6 Å². The quantitative estimate of drug-likeness (QED) is 0.105. The fourth-order valence-electron chi connectivity index (χ4n) is 7.69. The molecule has 304 valence electrons. The molecule has 3 saturated heterocycles. The molecule has 5 atom stereocenters. The minimum atomic E-state index is -1.55. The van der Waals surface area contributed by atoms with Gasteiger partial charge in [0.05, 0.1) is 0 Å². The maximum Gasteiger partial charge on any atom is 0.303 e. The Labute approximate surface area is 324 Å². The van der Waals surface area contributed by atoms with Gasteiger partial charge < -0.3 is 44.4 Å². The molecule has 4 rings (SSSR count). The van der Waals surface area contributed by atoms with Crippen molar-refractivity contribution in [3.05, 3.63) is 52.2 Å². The van der Waals surface area contributed by atoms with Crippen LogP contribution in [0.4, 0.5) is 0 Å². The normalized spacial score (nSPS) is 24.5. The molecule has 3 aliphatic rings. The van der Waals surface area contributed by atoms with Crippen molar-refractivity contribution in [1.82, 2.24) is 10.2 Å². The molecule has 0 bridgehead atoms. The molecule has 1 spiro atoms. The molecule has 14 nitrogen and oxygen atoms in total. The van der Waals surface area contributed by atoms with E-state index in [4.69, 9.17) is 39.6 Å². The predicted octanol–water partition coefficient (Wildman–Crippen LogP) is 4.35. The van der Waals surface area contributed by atoms with Crippen molar-refractivity contribution in [3.8, 4) is 0 Å². The minimum absolute atomic E-state index is 0.165. The Morgan fingerprint density at radius 3 is 2.24 bits per heavy atom. The second-order valence-electron chi connectivity index (χ2n) is 15.3. The number of carbonyl (C=O) groups excluding carboxylic acids is 4. The van der Waals surface area contributed by atoms with Crippen molar-refractivity contribution >= 4 is 35.9 Å². The van der Waals surface area contributed by atoms with E-state index >= 15 is 0 Å². The van der Waals surface area contributed by atoms with Crippen LogP contribution < -0.4 is 11.1 Å². The summed E-state index contributed by atoms with van der Waals surface area (Å²) in [5.74, 6) is -3.46. The van der Waals surface area contributed by atoms with Gasteiger partial charge in [-0.1, -0.05) is 44.2 Å². The first-order valence-corrected chi connectivity index (χ1v) is 19.3. The molecule has 3 fully saturated rings. The fraction of sp³-hybridized carbons (Fsp3) is 0.634. The summed E-state index contributed by atoms with van der Waals surface area (Å²) in [5, 5.41) is 12.6. The van der Waals surface area contributed by atoms with E-state index in [2.05, 4.69) is 28.4 Å². The number of benzene rings is 1. The van der Waals surface area contributed by atoms with Gasteiger partial charge in [-0.15, -0.1) is 0 Å². The SMILES string of the molecule is CC(=O)OC[C@H]1O[C@@H](OC(=N)/C(Cc2ccc(/C=C/CCN3CCCC4(CCNCC4)C3)cc2C)=C(\N)C(C)C)[C@H](OC(C)=O)[C@@H](OC(C)=O)[C@@H]1OC(C)=O. The minimum Gasteiger partial charge on any atom is -0.463 e. The maximum atomic E-state index is 12.3. The molecular formula is C41H60N4O10. The third-order valence-corrected chi connectivity index (χ3v) is 10.5. The number of rotatable bonds is 14. The van der Waals surface area contributed by atoms with Gasteiger partial charge in [-0.2, -0.15) is 0 Å². The first-order valence-electron chi connectivity index (χ1n) is 19.3. The van der Waals surface area contributed by atoms with E-state index in [-0.39, 0.29) is 18.2 Å². The van der Waals surface area contributed by atoms with Gasteiger partial charge in [0, 0.05) is 58.5 Å². The lowest BCUT2D eigenvalue weighted by Gasteiger charge is -2.45. The predicted molar refractivity (Wildman–Crippen MR) is 206 cm³/mol. The van der Waals surface area contributed by atoms with Crippen molar-refractivity contribution in [2.24, 2.45) is 17.1 Å². The van der Waals surface area contributed by atoms with Crippen LogP contribution in [0.3, 0.4) is 0 Å². The van der Waals surface area contributed by atoms with Gasteiger partial charge in [0.25, 0.3) is 0 Å². The second kappa shape index (κ2) is 20.1. The third-order valence-electron chi connectivity index (χ3n) is 10.5. The van der Waals surface area contributed by atoms with E-state index in [0.717, 1.165) is 63.5 Å². The molecule has 3 heterocycles. The second-order valence-corrected chi connectivity index (χ2v) is 15.3. The van der Waals surface area contributed by atoms with Crippen LogP contribution >= 0.6 is 0 Å². The van der Waals surface area contributed by atoms with E-state index in [1.54, 1.807) is 0 Å². The summed E-state index contributed by atoms with van der Waals surface area (Å²) in [6.07, 6.45) is 3.73. The smallest absolute Gasteiger partial charge is 0.303 e. The average Bonchev–Trinajstić information content (AvgIpc) is 3.11. The lowest BCUT2D eigenvalue weighted by Crippen LogP contribution is -2.63. The van der Waals surface area contributed by atoms with Gasteiger partial charge in [-0.25, -0.2) is 0 Å². The van der Waals surface area contributed by atoms with Gasteiger partial charge >= 0.3 is 23.9 Å². The van der Waals surface area contributed by atoms with E-state index < -0.39 is 61.2 Å². The van der Waals surface area contributed by atoms with E-state index in [1.165, 1.54) is 45.7 Å². The molecular weight excluding hydrogens is 708 g/mol. The highest BCUT2D eigenvalue weighted by atomic mass is 16.7. The topological polar surface area (TPSA) is 189 Å². The number of hydrogen-bond acceptors (Lipinski definition) is 14. The molecule has 0 aliphatic carbocycles. The van der Waals surface area contributed by atoms with E-state index in [1.807, 2.05) is 32.9 Å². The Balaban J connectivity index is 1.51. The number of aryl methyl sites for hydroxylation is 1. The number of nitrogens with two attached hydrogens (primary N) is 1. The van der Waals surface area contributed by atoms with Crippen molar-refractivity contribution in [2.75, 3.05) is 39.3 Å². The molecule has 1 aromatic carbocycles. The van der Waals surface area contributed by atoms with Gasteiger partial charge in [0.15, 0.2) is 12.2 Å². The first kappa shape index (κ1) is 43.5. The van der Waals surface area contributed by atoms with Crippen LogP contribution in [0.25, 0.3) is 6.08 Å². The van der Waals surface area contributed by atoms with Crippen LogP contribution in [0, 0.1) is 23.7 Å². The maximum absolute atomic E-state index is 12.3. The van der Waals surface area contributed by atoms with Crippen molar-refractivity contribution in [2.45, 2.75) is 118 Å². The first-order chi connectivity index (χ1) is 26.1. The van der Waals surface area contributed by atoms with Crippen molar-refractivity contribution in [3.63, 3.8) is 0 Å². The third kappa shape index (κ3) is 12.6. The monoisotopic (exact) mass is 768 g/mol. The number of carbonyl (C=O) groups is 4. The summed E-state index contributed by atoms with van der Waals surface area (Å²) < 4.78 is 33.8. The molecule has 0 saturated carbocycles. The fourth-order valence-corrected chi connectivity index (χ4v) is 7.69. The van der Waals surface area contributed by atoms with Crippen LogP contribution in [0.15, 0.2) is 35.5 Å². The Morgan fingerprint density at radius 2 is 1.62 bits per heavy atom. The average molecular weight is 769 g/mol. The number of ether oxygens (including phenoxy) is 6. The van der Waals surface area contributed by atoms with Crippen LogP contribution in [0.5, 0.6) is 0 Å². The molecule has 0 amide bonds.